The highest BCUT2D eigenvalue weighted by Crippen LogP contribution is 1.93. The average molecular weight is 318 g/mol. The van der Waals surface area contributed by atoms with Crippen LogP contribution in [0.3, 0.4) is 0 Å². The molecule has 1 rings (SSSR count). The largest absolute Gasteiger partial charge is 0.375 e. The Balaban J connectivity index is 0.000000494. The van der Waals surface area contributed by atoms with E-state index in [1.165, 1.54) is 3.98 Å². The van der Waals surface area contributed by atoms with Crippen molar-refractivity contribution in [3.8, 4) is 0 Å². The molecular formula is C9H16ClNO5S2. The molecule has 0 spiro atoms. The van der Waals surface area contributed by atoms with Crippen LogP contribution in [0.1, 0.15) is 13.8 Å². The molecule has 0 saturated heterocycles. The second kappa shape index (κ2) is 9.82. The Morgan fingerprint density at radius 2 is 1.67 bits per heavy atom. The van der Waals surface area contributed by atoms with Crippen molar-refractivity contribution in [2.24, 2.45) is 0 Å². The van der Waals surface area contributed by atoms with Gasteiger partial charge in [-0.1, -0.05) is 22.7 Å². The van der Waals surface area contributed by atoms with Crippen LogP contribution in [0.2, 0.25) is 0 Å². The molecule has 0 saturated carbocycles. The van der Waals surface area contributed by atoms with Gasteiger partial charge in [-0.3, -0.25) is 0 Å². The molecule has 18 heavy (non-hydrogen) atoms. The third-order valence-electron chi connectivity index (χ3n) is 1.74. The predicted octanol–water partition coefficient (Wildman–Crippen LogP) is -3.12. The number of rotatable bonds is 5. The molecule has 9 heteroatoms. The molecule has 0 aromatic carbocycles. The van der Waals surface area contributed by atoms with Gasteiger partial charge < -0.3 is 4.74 Å². The van der Waals surface area contributed by atoms with Gasteiger partial charge in [0.2, 0.25) is 0 Å². The van der Waals surface area contributed by atoms with E-state index in [0.29, 0.717) is 0 Å². The van der Waals surface area contributed by atoms with E-state index in [0.717, 1.165) is 26.3 Å². The number of hydrogen-bond acceptors (Lipinski definition) is 7. The molecule has 0 fully saturated rings. The Bertz CT molecular complexity index is 351. The van der Waals surface area contributed by atoms with E-state index in [9.17, 15) is 0 Å². The van der Waals surface area contributed by atoms with Gasteiger partial charge in [0.15, 0.2) is 6.54 Å². The highest BCUT2D eigenvalue weighted by atomic mass is 35.7. The molecule has 0 aliphatic rings. The van der Waals surface area contributed by atoms with Gasteiger partial charge in [-0.25, -0.2) is 23.2 Å². The van der Waals surface area contributed by atoms with Crippen LogP contribution in [-0.2, 0) is 4.74 Å². The van der Waals surface area contributed by atoms with Crippen molar-refractivity contribution < 1.29 is 33.6 Å². The van der Waals surface area contributed by atoms with Crippen LogP contribution in [-0.4, -0.2) is 26.3 Å². The number of ether oxygens (including phenoxy) is 1. The van der Waals surface area contributed by atoms with Crippen molar-refractivity contribution in [1.29, 1.82) is 0 Å². The van der Waals surface area contributed by atoms with Gasteiger partial charge >= 0.3 is 3.98 Å². The second-order valence-corrected chi connectivity index (χ2v) is 5.73. The molecule has 0 radical (unpaired) electrons. The Labute approximate surface area is 116 Å². The smallest absolute Gasteiger partial charge is 0.313 e. The highest BCUT2D eigenvalue weighted by Gasteiger charge is 2.03. The van der Waals surface area contributed by atoms with Crippen LogP contribution < -0.4 is 27.2 Å². The molecule has 0 N–H and O–H groups in total. The van der Waals surface area contributed by atoms with Crippen LogP contribution in [0.25, 0.3) is 0 Å². The Morgan fingerprint density at radius 1 is 1.17 bits per heavy atom. The van der Waals surface area contributed by atoms with E-state index >= 15 is 0 Å². The molecule has 0 unspecified atom stereocenters. The lowest BCUT2D eigenvalue weighted by molar-refractivity contribution is -2.00. The van der Waals surface area contributed by atoms with Crippen LogP contribution >= 0.6 is 22.7 Å². The van der Waals surface area contributed by atoms with Crippen LogP contribution in [0.15, 0.2) is 10.8 Å². The Hall–Kier alpha value is -0.0600. The maximum Gasteiger partial charge on any atom is 0.313 e. The van der Waals surface area contributed by atoms with Crippen molar-refractivity contribution in [2.75, 3.05) is 26.3 Å². The molecule has 1 aromatic rings. The summed E-state index contributed by atoms with van der Waals surface area (Å²) in [6.45, 7) is 7.91. The average Bonchev–Trinajstić information content (AvgIpc) is 2.75. The van der Waals surface area contributed by atoms with E-state index in [1.807, 2.05) is 6.92 Å². The lowest BCUT2D eigenvalue weighted by atomic mass is 10.6. The molecule has 0 aliphatic carbocycles. The minimum atomic E-state index is -4.94. The summed E-state index contributed by atoms with van der Waals surface area (Å²) in [5.74, 6) is 0. The zero-order valence-corrected chi connectivity index (χ0v) is 12.6. The summed E-state index contributed by atoms with van der Waals surface area (Å²) in [4.78, 5) is 0. The molecule has 1 heterocycles. The summed E-state index contributed by atoms with van der Waals surface area (Å²) < 4.78 is 43.0. The van der Waals surface area contributed by atoms with Gasteiger partial charge in [-0.2, -0.15) is 0 Å². The van der Waals surface area contributed by atoms with E-state index < -0.39 is 10.2 Å². The minimum absolute atomic E-state index is 0.811. The van der Waals surface area contributed by atoms with Gasteiger partial charge in [0.25, 0.3) is 0 Å². The number of likely N-dealkylation sites (N-methyl/N-ethyl adjacent to an activating group) is 1. The lowest BCUT2D eigenvalue weighted by Crippen LogP contribution is -2.68. The minimum Gasteiger partial charge on any atom is -0.375 e. The summed E-state index contributed by atoms with van der Waals surface area (Å²) in [6, 6.07) is 0. The predicted molar refractivity (Wildman–Crippen MR) is 59.4 cm³/mol. The molecular weight excluding hydrogens is 302 g/mol. The standard InChI is InChI=1S/C9H16NOS2.ClHO4/c1-3-10(5-6-11-4-2)9-12-7-8-13-9;2-1(3,4)5/h7-8H,3-6H2,1-2H3;(H,2,3,4,5)/q+1;/p-1. The molecule has 106 valence electrons. The normalized spacial score (nSPS) is 10.8. The Kier molecular flexibility index (Phi) is 9.78. The van der Waals surface area contributed by atoms with Crippen molar-refractivity contribution >= 4 is 22.7 Å². The molecule has 0 amide bonds. The maximum absolute atomic E-state index is 8.49. The molecule has 1 aromatic heterocycles. The molecule has 0 aliphatic heterocycles. The fourth-order valence-electron chi connectivity index (χ4n) is 1.05. The van der Waals surface area contributed by atoms with Crippen molar-refractivity contribution in [2.45, 2.75) is 13.8 Å². The van der Waals surface area contributed by atoms with Crippen molar-refractivity contribution in [3.63, 3.8) is 0 Å². The third-order valence-corrected chi connectivity index (χ3v) is 3.96. The van der Waals surface area contributed by atoms with Crippen molar-refractivity contribution in [1.82, 2.24) is 4.58 Å². The highest BCUT2D eigenvalue weighted by molar-refractivity contribution is 7.24. The first-order valence-corrected chi connectivity index (χ1v) is 8.17. The topological polar surface area (TPSA) is 104 Å². The van der Waals surface area contributed by atoms with Crippen LogP contribution in [0, 0.1) is 10.2 Å². The van der Waals surface area contributed by atoms with Gasteiger partial charge in [0.05, 0.1) is 0 Å². The van der Waals surface area contributed by atoms with Crippen LogP contribution in [0.5, 0.6) is 0 Å². The summed E-state index contributed by atoms with van der Waals surface area (Å²) in [5.41, 5.74) is 0. The summed E-state index contributed by atoms with van der Waals surface area (Å²) in [5, 5.41) is 4.26. The van der Waals surface area contributed by atoms with E-state index in [-0.39, 0.29) is 0 Å². The lowest BCUT2D eigenvalue weighted by Gasteiger charge is -2.17. The monoisotopic (exact) mass is 317 g/mol. The summed E-state index contributed by atoms with van der Waals surface area (Å²) >= 11 is 3.61. The quantitative estimate of drug-likeness (QED) is 0.422. The molecule has 0 bridgehead atoms. The Morgan fingerprint density at radius 3 is 2.06 bits per heavy atom. The van der Waals surface area contributed by atoms with Crippen molar-refractivity contribution in [3.05, 3.63) is 14.7 Å². The first-order chi connectivity index (χ1) is 8.38. The zero-order chi connectivity index (χ0) is 14.0. The van der Waals surface area contributed by atoms with E-state index in [1.54, 1.807) is 22.7 Å². The second-order valence-electron chi connectivity index (χ2n) is 2.93. The maximum atomic E-state index is 8.49. The number of halogens is 1. The van der Waals surface area contributed by atoms with Gasteiger partial charge in [0.1, 0.15) is 13.2 Å². The fourth-order valence-corrected chi connectivity index (χ4v) is 3.02. The van der Waals surface area contributed by atoms with Gasteiger partial charge in [-0.15, -0.1) is 10.2 Å². The SMILES string of the molecule is CCOCC[N+](CC)=c1sccs1.[O-][Cl+3]([O-])([O-])[O-]. The fraction of sp³-hybridized carbons (Fsp3) is 0.667. The summed E-state index contributed by atoms with van der Waals surface area (Å²) in [6.07, 6.45) is 0. The van der Waals surface area contributed by atoms with Gasteiger partial charge in [-0.05, 0) is 13.8 Å². The van der Waals surface area contributed by atoms with E-state index in [2.05, 4.69) is 22.3 Å². The first-order valence-electron chi connectivity index (χ1n) is 5.18. The van der Waals surface area contributed by atoms with E-state index in [4.69, 9.17) is 23.4 Å². The third kappa shape index (κ3) is 11.1. The van der Waals surface area contributed by atoms with Crippen LogP contribution in [0.4, 0.5) is 0 Å². The molecule has 6 nitrogen and oxygen atoms in total. The summed E-state index contributed by atoms with van der Waals surface area (Å²) in [7, 11) is -4.94. The molecule has 0 atom stereocenters. The number of nitrogens with zero attached hydrogens (tertiary/aromatic N) is 1. The first kappa shape index (κ1) is 17.9. The zero-order valence-electron chi connectivity index (χ0n) is 10.2. The number of hydrogen-bond donors (Lipinski definition) is 0. The van der Waals surface area contributed by atoms with Gasteiger partial charge in [0, 0.05) is 17.4 Å².